The smallest absolute Gasteiger partial charge is 0.310 e. The van der Waals surface area contributed by atoms with Crippen molar-refractivity contribution in [2.45, 2.75) is 19.9 Å². The van der Waals surface area contributed by atoms with Gasteiger partial charge in [0, 0.05) is 25.5 Å². The maximum atomic E-state index is 12.7. The van der Waals surface area contributed by atoms with Crippen LogP contribution in [0.4, 0.5) is 0 Å². The first kappa shape index (κ1) is 19.4. The van der Waals surface area contributed by atoms with Gasteiger partial charge in [0.05, 0.1) is 26.1 Å². The van der Waals surface area contributed by atoms with Crippen LogP contribution in [-0.4, -0.2) is 42.0 Å². The van der Waals surface area contributed by atoms with Crippen molar-refractivity contribution in [3.05, 3.63) is 60.4 Å². The number of carbonyl (C=O) groups excluding carboxylic acids is 2. The van der Waals surface area contributed by atoms with Gasteiger partial charge in [0.2, 0.25) is 5.91 Å². The van der Waals surface area contributed by atoms with Crippen LogP contribution in [0.25, 0.3) is 0 Å². The van der Waals surface area contributed by atoms with Gasteiger partial charge in [0.15, 0.2) is 0 Å². The average Bonchev–Trinajstić information content (AvgIpc) is 2.68. The third kappa shape index (κ3) is 6.20. The summed E-state index contributed by atoms with van der Waals surface area (Å²) in [6.07, 6.45) is 3.59. The van der Waals surface area contributed by atoms with Crippen molar-refractivity contribution in [1.82, 2.24) is 9.88 Å². The fraction of sp³-hybridized carbons (Fsp3) is 0.350. The number of benzene rings is 1. The number of amides is 1. The zero-order valence-electron chi connectivity index (χ0n) is 15.1. The second-order valence-electron chi connectivity index (χ2n) is 5.97. The summed E-state index contributed by atoms with van der Waals surface area (Å²) in [6.45, 7) is 2.73. The molecule has 1 aromatic carbocycles. The highest BCUT2D eigenvalue weighted by Gasteiger charge is 2.21. The SMILES string of the molecule is COC(=O)C(C)CN(Cc1ccncc1)C(=O)CCOc1ccccc1. The van der Waals surface area contributed by atoms with Gasteiger partial charge in [-0.1, -0.05) is 25.1 Å². The Hall–Kier alpha value is -2.89. The van der Waals surface area contributed by atoms with Crippen molar-refractivity contribution in [3.8, 4) is 5.75 Å². The Balaban J connectivity index is 1.96. The van der Waals surface area contributed by atoms with Crippen LogP contribution in [0.3, 0.4) is 0 Å². The van der Waals surface area contributed by atoms with E-state index in [4.69, 9.17) is 9.47 Å². The standard InChI is InChI=1S/C20H24N2O4/c1-16(20(24)25-2)14-22(15-17-8-11-21-12-9-17)19(23)10-13-26-18-6-4-3-5-7-18/h3-9,11-12,16H,10,13-15H2,1-2H3. The number of aromatic nitrogens is 1. The number of carbonyl (C=O) groups is 2. The molecule has 1 heterocycles. The van der Waals surface area contributed by atoms with E-state index >= 15 is 0 Å². The van der Waals surface area contributed by atoms with Crippen LogP contribution in [0.15, 0.2) is 54.9 Å². The Morgan fingerprint density at radius 1 is 1.12 bits per heavy atom. The van der Waals surface area contributed by atoms with Crippen LogP contribution in [0, 0.1) is 5.92 Å². The van der Waals surface area contributed by atoms with Gasteiger partial charge < -0.3 is 14.4 Å². The van der Waals surface area contributed by atoms with Gasteiger partial charge in [-0.2, -0.15) is 0 Å². The number of pyridine rings is 1. The van der Waals surface area contributed by atoms with E-state index in [1.165, 1.54) is 7.11 Å². The number of nitrogens with zero attached hydrogens (tertiary/aromatic N) is 2. The van der Waals surface area contributed by atoms with E-state index in [0.29, 0.717) is 13.1 Å². The summed E-state index contributed by atoms with van der Waals surface area (Å²) in [5.74, 6) is -0.0868. The number of methoxy groups -OCH3 is 1. The molecule has 0 aliphatic carbocycles. The van der Waals surface area contributed by atoms with Crippen molar-refractivity contribution >= 4 is 11.9 Å². The minimum absolute atomic E-state index is 0.0755. The molecule has 138 valence electrons. The van der Waals surface area contributed by atoms with Crippen LogP contribution < -0.4 is 4.74 Å². The first-order valence-corrected chi connectivity index (χ1v) is 8.52. The lowest BCUT2D eigenvalue weighted by Gasteiger charge is -2.25. The number of ether oxygens (including phenoxy) is 2. The summed E-state index contributed by atoms with van der Waals surface area (Å²) in [5.41, 5.74) is 0.953. The van der Waals surface area contributed by atoms with Gasteiger partial charge in [0.25, 0.3) is 0 Å². The molecule has 0 saturated heterocycles. The third-order valence-electron chi connectivity index (χ3n) is 3.90. The Labute approximate surface area is 153 Å². The normalized spacial score (nSPS) is 11.5. The number of hydrogen-bond donors (Lipinski definition) is 0. The molecule has 0 aliphatic rings. The molecule has 0 radical (unpaired) electrons. The van der Waals surface area contributed by atoms with E-state index in [2.05, 4.69) is 4.98 Å². The van der Waals surface area contributed by atoms with Crippen molar-refractivity contribution in [3.63, 3.8) is 0 Å². The van der Waals surface area contributed by atoms with Crippen LogP contribution in [0.5, 0.6) is 5.75 Å². The van der Waals surface area contributed by atoms with E-state index < -0.39 is 5.92 Å². The Kier molecular flexibility index (Phi) is 7.61. The molecular weight excluding hydrogens is 332 g/mol. The van der Waals surface area contributed by atoms with E-state index in [-0.39, 0.29) is 24.9 Å². The van der Waals surface area contributed by atoms with Gasteiger partial charge in [-0.3, -0.25) is 14.6 Å². The fourth-order valence-corrected chi connectivity index (χ4v) is 2.50. The predicted octanol–water partition coefficient (Wildman–Crippen LogP) is 2.69. The van der Waals surface area contributed by atoms with Crippen molar-refractivity contribution in [1.29, 1.82) is 0 Å². The van der Waals surface area contributed by atoms with Gasteiger partial charge in [0.1, 0.15) is 5.75 Å². The molecule has 1 amide bonds. The zero-order chi connectivity index (χ0) is 18.8. The molecule has 0 N–H and O–H groups in total. The summed E-state index contributed by atoms with van der Waals surface area (Å²) >= 11 is 0. The van der Waals surface area contributed by atoms with Gasteiger partial charge in [-0.15, -0.1) is 0 Å². The molecule has 0 spiro atoms. The highest BCUT2D eigenvalue weighted by Crippen LogP contribution is 2.12. The summed E-state index contributed by atoms with van der Waals surface area (Å²) in [7, 11) is 1.35. The lowest BCUT2D eigenvalue weighted by Crippen LogP contribution is -2.37. The maximum Gasteiger partial charge on any atom is 0.310 e. The molecule has 1 aromatic heterocycles. The fourth-order valence-electron chi connectivity index (χ4n) is 2.50. The molecule has 26 heavy (non-hydrogen) atoms. The van der Waals surface area contributed by atoms with Crippen LogP contribution in [-0.2, 0) is 20.9 Å². The van der Waals surface area contributed by atoms with Crippen LogP contribution in [0.1, 0.15) is 18.9 Å². The topological polar surface area (TPSA) is 68.7 Å². The van der Waals surface area contributed by atoms with Crippen LogP contribution >= 0.6 is 0 Å². The lowest BCUT2D eigenvalue weighted by molar-refractivity contribution is -0.146. The van der Waals surface area contributed by atoms with E-state index in [9.17, 15) is 9.59 Å². The highest BCUT2D eigenvalue weighted by atomic mass is 16.5. The van der Waals surface area contributed by atoms with Crippen molar-refractivity contribution < 1.29 is 19.1 Å². The first-order chi connectivity index (χ1) is 12.6. The summed E-state index contributed by atoms with van der Waals surface area (Å²) in [4.78, 5) is 30.0. The molecular formula is C20H24N2O4. The Bertz CT molecular complexity index is 691. The van der Waals surface area contributed by atoms with Gasteiger partial charge >= 0.3 is 5.97 Å². The molecule has 0 bridgehead atoms. The molecule has 2 rings (SSSR count). The van der Waals surface area contributed by atoms with Gasteiger partial charge in [-0.05, 0) is 29.8 Å². The average molecular weight is 356 g/mol. The molecule has 1 atom stereocenters. The molecule has 2 aromatic rings. The van der Waals surface area contributed by atoms with Gasteiger partial charge in [-0.25, -0.2) is 0 Å². The Morgan fingerprint density at radius 2 is 1.81 bits per heavy atom. The number of esters is 1. The second kappa shape index (κ2) is 10.2. The quantitative estimate of drug-likeness (QED) is 0.646. The lowest BCUT2D eigenvalue weighted by atomic mass is 10.1. The Morgan fingerprint density at radius 3 is 2.46 bits per heavy atom. The van der Waals surface area contributed by atoms with Crippen LogP contribution in [0.2, 0.25) is 0 Å². The molecule has 6 heteroatoms. The summed E-state index contributed by atoms with van der Waals surface area (Å²) in [5, 5.41) is 0. The van der Waals surface area contributed by atoms with E-state index in [1.807, 2.05) is 42.5 Å². The summed E-state index contributed by atoms with van der Waals surface area (Å²) < 4.78 is 10.4. The largest absolute Gasteiger partial charge is 0.493 e. The molecule has 0 aliphatic heterocycles. The van der Waals surface area contributed by atoms with Crippen molar-refractivity contribution in [2.75, 3.05) is 20.3 Å². The molecule has 1 unspecified atom stereocenters. The number of rotatable bonds is 9. The molecule has 0 saturated carbocycles. The number of hydrogen-bond acceptors (Lipinski definition) is 5. The van der Waals surface area contributed by atoms with E-state index in [1.54, 1.807) is 24.2 Å². The second-order valence-corrected chi connectivity index (χ2v) is 5.97. The highest BCUT2D eigenvalue weighted by molar-refractivity contribution is 5.78. The van der Waals surface area contributed by atoms with E-state index in [0.717, 1.165) is 11.3 Å². The maximum absolute atomic E-state index is 12.7. The molecule has 0 fully saturated rings. The molecule has 6 nitrogen and oxygen atoms in total. The minimum atomic E-state index is -0.402. The first-order valence-electron chi connectivity index (χ1n) is 8.52. The summed E-state index contributed by atoms with van der Waals surface area (Å²) in [6, 6.07) is 13.1. The number of para-hydroxylation sites is 1. The minimum Gasteiger partial charge on any atom is -0.493 e. The third-order valence-corrected chi connectivity index (χ3v) is 3.90. The zero-order valence-corrected chi connectivity index (χ0v) is 15.1. The monoisotopic (exact) mass is 356 g/mol. The predicted molar refractivity (Wildman–Crippen MR) is 97.4 cm³/mol. The van der Waals surface area contributed by atoms with Crippen molar-refractivity contribution in [2.24, 2.45) is 5.92 Å².